The molecule has 0 amide bonds. The Morgan fingerprint density at radius 1 is 1.32 bits per heavy atom. The second kappa shape index (κ2) is 8.97. The van der Waals surface area contributed by atoms with Crippen LogP contribution in [0.4, 0.5) is 0 Å². The molecule has 136 valence electrons. The summed E-state index contributed by atoms with van der Waals surface area (Å²) in [4.78, 5) is 19.2. The topological polar surface area (TPSA) is 52.6 Å². The molecule has 1 aromatic heterocycles. The smallest absolute Gasteiger partial charge is 0.253 e. The van der Waals surface area contributed by atoms with Crippen LogP contribution < -0.4 is 15.8 Å². The lowest BCUT2D eigenvalue weighted by molar-refractivity contribution is -0.895. The third-order valence-electron chi connectivity index (χ3n) is 4.76. The van der Waals surface area contributed by atoms with Gasteiger partial charge in [0, 0.05) is 12.6 Å². The number of aryl methyl sites for hydroxylation is 1. The van der Waals surface area contributed by atoms with Gasteiger partial charge in [0.05, 0.1) is 38.2 Å². The number of thiocarbonyl (C=S) groups is 1. The van der Waals surface area contributed by atoms with Crippen molar-refractivity contribution in [2.45, 2.75) is 27.3 Å². The predicted octanol–water partition coefficient (Wildman–Crippen LogP) is 1.07. The van der Waals surface area contributed by atoms with Crippen LogP contribution in [0.5, 0.6) is 0 Å². The highest BCUT2D eigenvalue weighted by atomic mass is 32.1. The van der Waals surface area contributed by atoms with Crippen LogP contribution in [0.3, 0.4) is 0 Å². The molecule has 0 fully saturated rings. The number of likely N-dealkylation sites (N-methyl/N-ethyl adjacent to an activating group) is 1. The molecule has 0 saturated heterocycles. The number of pyridine rings is 1. The number of benzene rings is 1. The maximum atomic E-state index is 12.5. The lowest BCUT2D eigenvalue weighted by atomic mass is 10.1. The number of H-pyrrole nitrogens is 1. The number of rotatable bonds is 7. The first-order chi connectivity index (χ1) is 12.0. The Labute approximate surface area is 155 Å². The number of aromatic nitrogens is 1. The summed E-state index contributed by atoms with van der Waals surface area (Å²) in [7, 11) is 1.83. The van der Waals surface area contributed by atoms with Gasteiger partial charge in [-0.2, -0.15) is 0 Å². The molecule has 1 heterocycles. The minimum absolute atomic E-state index is 0.0408. The number of hydrogen-bond acceptors (Lipinski definition) is 2. The highest BCUT2D eigenvalue weighted by Crippen LogP contribution is 2.15. The molecule has 2 rings (SSSR count). The molecule has 1 aromatic carbocycles. The molecule has 0 spiro atoms. The summed E-state index contributed by atoms with van der Waals surface area (Å²) >= 11 is 5.45. The average molecular weight is 362 g/mol. The molecular formula is C19H29N4OS+. The molecule has 0 radical (unpaired) electrons. The summed E-state index contributed by atoms with van der Waals surface area (Å²) in [5.74, 6) is 0. The Balaban J connectivity index is 2.26. The van der Waals surface area contributed by atoms with Crippen LogP contribution in [0.25, 0.3) is 10.9 Å². The van der Waals surface area contributed by atoms with E-state index in [1.54, 1.807) is 0 Å². The maximum absolute atomic E-state index is 12.5. The van der Waals surface area contributed by atoms with E-state index in [1.807, 2.05) is 38.2 Å². The summed E-state index contributed by atoms with van der Waals surface area (Å²) in [6.07, 6.45) is 0. The zero-order valence-corrected chi connectivity index (χ0v) is 16.4. The van der Waals surface area contributed by atoms with E-state index >= 15 is 0 Å². The standard InChI is InChI=1S/C19H28N4OS/c1-5-22(6-2)10-11-23(19(25)20-4)13-16-12-15-9-7-8-14(3)17(15)21-18(16)24/h7-9,12H,5-6,10-11,13H2,1-4H3,(H,20,25)(H,21,24)/p+1. The first-order valence-corrected chi connectivity index (χ1v) is 9.32. The molecular weight excluding hydrogens is 332 g/mol. The zero-order chi connectivity index (χ0) is 18.4. The maximum Gasteiger partial charge on any atom is 0.253 e. The molecule has 0 atom stereocenters. The van der Waals surface area contributed by atoms with Crippen LogP contribution >= 0.6 is 12.2 Å². The molecule has 3 N–H and O–H groups in total. The fourth-order valence-corrected chi connectivity index (χ4v) is 3.21. The van der Waals surface area contributed by atoms with Crippen LogP contribution in [0, 0.1) is 6.92 Å². The molecule has 5 nitrogen and oxygen atoms in total. The van der Waals surface area contributed by atoms with Crippen molar-refractivity contribution >= 4 is 28.2 Å². The van der Waals surface area contributed by atoms with Crippen molar-refractivity contribution < 1.29 is 4.90 Å². The van der Waals surface area contributed by atoms with Crippen molar-refractivity contribution in [2.24, 2.45) is 0 Å². The second-order valence-corrected chi connectivity index (χ2v) is 6.73. The number of quaternary nitrogens is 1. The molecule has 0 aliphatic carbocycles. The van der Waals surface area contributed by atoms with Gasteiger partial charge >= 0.3 is 0 Å². The molecule has 6 heteroatoms. The van der Waals surface area contributed by atoms with Crippen LogP contribution in [0.1, 0.15) is 25.0 Å². The fourth-order valence-electron chi connectivity index (χ4n) is 3.06. The summed E-state index contributed by atoms with van der Waals surface area (Å²) in [5, 5.41) is 4.78. The Morgan fingerprint density at radius 2 is 2.04 bits per heavy atom. The van der Waals surface area contributed by atoms with E-state index in [-0.39, 0.29) is 5.56 Å². The number of fused-ring (bicyclic) bond motifs is 1. The Kier molecular flexibility index (Phi) is 6.96. The zero-order valence-electron chi connectivity index (χ0n) is 15.6. The Hall–Kier alpha value is -1.92. The number of nitrogens with zero attached hydrogens (tertiary/aromatic N) is 1. The summed E-state index contributed by atoms with van der Waals surface area (Å²) in [5.41, 5.74) is 2.69. The quantitative estimate of drug-likeness (QED) is 0.646. The number of aromatic amines is 1. The molecule has 0 aliphatic rings. The minimum atomic E-state index is -0.0408. The van der Waals surface area contributed by atoms with Gasteiger partial charge in [-0.25, -0.2) is 0 Å². The first-order valence-electron chi connectivity index (χ1n) is 8.91. The largest absolute Gasteiger partial charge is 0.366 e. The lowest BCUT2D eigenvalue weighted by Crippen LogP contribution is -3.12. The normalized spacial score (nSPS) is 11.1. The van der Waals surface area contributed by atoms with E-state index < -0.39 is 0 Å². The molecule has 0 bridgehead atoms. The fraction of sp³-hybridized carbons (Fsp3) is 0.474. The Bertz CT molecular complexity index is 783. The molecule has 2 aromatic rings. The number of hydrogen-bond donors (Lipinski definition) is 3. The minimum Gasteiger partial charge on any atom is -0.366 e. The van der Waals surface area contributed by atoms with E-state index in [0.29, 0.717) is 11.7 Å². The van der Waals surface area contributed by atoms with E-state index in [0.717, 1.165) is 48.2 Å². The predicted molar refractivity (Wildman–Crippen MR) is 108 cm³/mol. The van der Waals surface area contributed by atoms with E-state index in [1.165, 1.54) is 4.90 Å². The second-order valence-electron chi connectivity index (χ2n) is 6.35. The molecule has 0 saturated carbocycles. The third kappa shape index (κ3) is 4.80. The number of nitrogens with one attached hydrogen (secondary N) is 3. The van der Waals surface area contributed by atoms with Gasteiger partial charge in [-0.3, -0.25) is 4.79 Å². The van der Waals surface area contributed by atoms with E-state index in [2.05, 4.69) is 29.0 Å². The van der Waals surface area contributed by atoms with Crippen molar-refractivity contribution in [1.29, 1.82) is 0 Å². The lowest BCUT2D eigenvalue weighted by Gasteiger charge is -2.26. The van der Waals surface area contributed by atoms with Crippen molar-refractivity contribution in [2.75, 3.05) is 33.2 Å². The van der Waals surface area contributed by atoms with Gasteiger partial charge < -0.3 is 20.1 Å². The van der Waals surface area contributed by atoms with Gasteiger partial charge in [0.15, 0.2) is 5.11 Å². The van der Waals surface area contributed by atoms with Gasteiger partial charge in [0.1, 0.15) is 0 Å². The van der Waals surface area contributed by atoms with Crippen LogP contribution in [-0.2, 0) is 6.54 Å². The third-order valence-corrected chi connectivity index (χ3v) is 5.22. The SMILES string of the molecule is CC[NH+](CC)CCN(Cc1cc2cccc(C)c2[nH]c1=O)C(=S)NC. The average Bonchev–Trinajstić information content (AvgIpc) is 2.62. The highest BCUT2D eigenvalue weighted by Gasteiger charge is 2.15. The van der Waals surface area contributed by atoms with Crippen LogP contribution in [0.2, 0.25) is 0 Å². The van der Waals surface area contributed by atoms with Crippen molar-refractivity contribution in [3.63, 3.8) is 0 Å². The van der Waals surface area contributed by atoms with Gasteiger partial charge in [0.25, 0.3) is 5.56 Å². The van der Waals surface area contributed by atoms with Crippen LogP contribution in [0.15, 0.2) is 29.1 Å². The van der Waals surface area contributed by atoms with E-state index in [9.17, 15) is 4.79 Å². The van der Waals surface area contributed by atoms with Gasteiger partial charge in [0.2, 0.25) is 0 Å². The van der Waals surface area contributed by atoms with Gasteiger partial charge in [-0.1, -0.05) is 18.2 Å². The molecule has 0 unspecified atom stereocenters. The summed E-state index contributed by atoms with van der Waals surface area (Å²) in [6.45, 7) is 10.9. The van der Waals surface area contributed by atoms with Crippen molar-refractivity contribution in [3.05, 3.63) is 45.7 Å². The van der Waals surface area contributed by atoms with E-state index in [4.69, 9.17) is 12.2 Å². The van der Waals surface area contributed by atoms with Gasteiger partial charge in [-0.05, 0) is 50.0 Å². The summed E-state index contributed by atoms with van der Waals surface area (Å²) < 4.78 is 0. The Morgan fingerprint density at radius 3 is 2.68 bits per heavy atom. The van der Waals surface area contributed by atoms with Gasteiger partial charge in [-0.15, -0.1) is 0 Å². The first kappa shape index (κ1) is 19.4. The van der Waals surface area contributed by atoms with Crippen molar-refractivity contribution in [1.82, 2.24) is 15.2 Å². The number of para-hydroxylation sites is 1. The van der Waals surface area contributed by atoms with Crippen LogP contribution in [-0.4, -0.2) is 48.2 Å². The summed E-state index contributed by atoms with van der Waals surface area (Å²) in [6, 6.07) is 8.03. The highest BCUT2D eigenvalue weighted by molar-refractivity contribution is 7.80. The molecule has 0 aliphatic heterocycles. The molecule has 25 heavy (non-hydrogen) atoms. The monoisotopic (exact) mass is 361 g/mol. The van der Waals surface area contributed by atoms with Crippen molar-refractivity contribution in [3.8, 4) is 0 Å².